The Labute approximate surface area is 253 Å². The van der Waals surface area contributed by atoms with E-state index < -0.39 is 5.91 Å². The number of pyridine rings is 1. The van der Waals surface area contributed by atoms with Gasteiger partial charge >= 0.3 is 0 Å². The van der Waals surface area contributed by atoms with E-state index in [1.54, 1.807) is 19.3 Å². The summed E-state index contributed by atoms with van der Waals surface area (Å²) in [5.41, 5.74) is 8.21. The summed E-state index contributed by atoms with van der Waals surface area (Å²) in [5.74, 6) is 1.98. The number of anilines is 3. The monoisotopic (exact) mass is 586 g/mol. The predicted molar refractivity (Wildman–Crippen MR) is 167 cm³/mol. The third-order valence-corrected chi connectivity index (χ3v) is 8.05. The number of ether oxygens (including phenoxy) is 1. The zero-order chi connectivity index (χ0) is 30.2. The molecular formula is C32H42N8O3. The van der Waals surface area contributed by atoms with Gasteiger partial charge in [0.15, 0.2) is 11.5 Å². The molecule has 228 valence electrons. The fourth-order valence-corrected chi connectivity index (χ4v) is 5.30. The van der Waals surface area contributed by atoms with E-state index in [1.165, 1.54) is 24.8 Å². The lowest BCUT2D eigenvalue weighted by Gasteiger charge is -2.29. The summed E-state index contributed by atoms with van der Waals surface area (Å²) in [6, 6.07) is 11.5. The molecule has 1 aromatic carbocycles. The van der Waals surface area contributed by atoms with E-state index in [2.05, 4.69) is 42.4 Å². The summed E-state index contributed by atoms with van der Waals surface area (Å²) in [6.07, 6.45) is 11.8. The van der Waals surface area contributed by atoms with Crippen molar-refractivity contribution in [3.05, 3.63) is 65.7 Å². The lowest BCUT2D eigenvalue weighted by Crippen LogP contribution is -2.35. The van der Waals surface area contributed by atoms with Crippen molar-refractivity contribution >= 4 is 29.1 Å². The van der Waals surface area contributed by atoms with Crippen molar-refractivity contribution < 1.29 is 14.3 Å². The molecule has 0 unspecified atom stereocenters. The Hall–Kier alpha value is -4.25. The highest BCUT2D eigenvalue weighted by molar-refractivity contribution is 5.96. The Bertz CT molecular complexity index is 1360. The van der Waals surface area contributed by atoms with Gasteiger partial charge in [-0.3, -0.25) is 14.6 Å². The highest BCUT2D eigenvalue weighted by atomic mass is 16.5. The second-order valence-corrected chi connectivity index (χ2v) is 11.4. The normalized spacial score (nSPS) is 17.4. The number of nitrogens with zero attached hydrogens (tertiary/aromatic N) is 5. The summed E-state index contributed by atoms with van der Waals surface area (Å²) < 4.78 is 6.11. The molecule has 3 fully saturated rings. The van der Waals surface area contributed by atoms with Crippen molar-refractivity contribution in [1.29, 1.82) is 0 Å². The number of nitrogens with one attached hydrogen (secondary N) is 2. The number of rotatable bonds is 8. The minimum Gasteiger partial charge on any atom is -0.490 e. The van der Waals surface area contributed by atoms with Gasteiger partial charge in [-0.05, 0) is 93.8 Å². The molecule has 2 saturated heterocycles. The molecule has 4 N–H and O–H groups in total. The number of aromatic nitrogens is 3. The van der Waals surface area contributed by atoms with Crippen LogP contribution >= 0.6 is 0 Å². The highest BCUT2D eigenvalue weighted by Crippen LogP contribution is 2.39. The summed E-state index contributed by atoms with van der Waals surface area (Å²) in [4.78, 5) is 40.5. The molecule has 2 amide bonds. The third-order valence-electron chi connectivity index (χ3n) is 8.05. The van der Waals surface area contributed by atoms with Crippen LogP contribution in [0.25, 0.3) is 0 Å². The van der Waals surface area contributed by atoms with E-state index in [0.717, 1.165) is 69.1 Å². The number of nitrogens with two attached hydrogens (primary N) is 1. The molecule has 4 heterocycles. The van der Waals surface area contributed by atoms with Gasteiger partial charge in [0.25, 0.3) is 11.8 Å². The first kappa shape index (κ1) is 30.2. The molecule has 6 rings (SSSR count). The summed E-state index contributed by atoms with van der Waals surface area (Å²) in [5, 5.41) is 5.75. The minimum absolute atomic E-state index is 0.123. The van der Waals surface area contributed by atoms with Gasteiger partial charge in [-0.2, -0.15) is 0 Å². The van der Waals surface area contributed by atoms with Gasteiger partial charge in [0.2, 0.25) is 0 Å². The molecule has 11 nitrogen and oxygen atoms in total. The zero-order valence-corrected chi connectivity index (χ0v) is 25.1. The van der Waals surface area contributed by atoms with Crippen LogP contribution in [0.2, 0.25) is 0 Å². The Morgan fingerprint density at radius 3 is 2.23 bits per heavy atom. The maximum absolute atomic E-state index is 11.8. The molecule has 2 aromatic heterocycles. The second-order valence-electron chi connectivity index (χ2n) is 11.4. The summed E-state index contributed by atoms with van der Waals surface area (Å²) >= 11 is 0. The van der Waals surface area contributed by atoms with Gasteiger partial charge in [-0.25, -0.2) is 9.97 Å². The quantitative estimate of drug-likeness (QED) is 0.356. The Kier molecular flexibility index (Phi) is 10.0. The average Bonchev–Trinajstić information content (AvgIpc) is 3.89. The first-order valence-corrected chi connectivity index (χ1v) is 15.2. The average molecular weight is 587 g/mol. The molecule has 2 aliphatic heterocycles. The highest BCUT2D eigenvalue weighted by Gasteiger charge is 2.24. The molecule has 0 bridgehead atoms. The SMILES string of the molecule is CN1CCC(Oc2ccc(Nc3nc(N4CCCCC4)cnc3C(N)=O)cc2)CC1.CNC(=O)c1ccc(C2CC2)cn1. The van der Waals surface area contributed by atoms with E-state index in [0.29, 0.717) is 17.4 Å². The molecule has 11 heteroatoms. The van der Waals surface area contributed by atoms with Crippen LogP contribution in [0.15, 0.2) is 48.8 Å². The van der Waals surface area contributed by atoms with Crippen LogP contribution < -0.4 is 26.0 Å². The standard InChI is InChI=1S/C22H30N6O2.C10H12N2O/c1-27-13-9-18(10-14-27)30-17-7-5-16(6-8-17)25-22-20(21(23)29)24-15-19(26-22)28-11-3-2-4-12-28;1-11-10(13)9-5-4-8(6-12-9)7-2-3-7/h5-8,15,18H,2-4,9-14H2,1H3,(H2,23,29)(H,25,26);4-7H,2-3H2,1H3,(H,11,13). The molecule has 1 aliphatic carbocycles. The minimum atomic E-state index is -0.600. The van der Waals surface area contributed by atoms with Gasteiger partial charge in [-0.1, -0.05) is 6.07 Å². The Balaban J connectivity index is 0.000000235. The van der Waals surface area contributed by atoms with Crippen molar-refractivity contribution in [2.75, 3.05) is 50.5 Å². The van der Waals surface area contributed by atoms with Crippen LogP contribution in [0.5, 0.6) is 5.75 Å². The number of hydrogen-bond donors (Lipinski definition) is 3. The fraction of sp³-hybridized carbons (Fsp3) is 0.469. The van der Waals surface area contributed by atoms with Crippen molar-refractivity contribution in [1.82, 2.24) is 25.2 Å². The lowest BCUT2D eigenvalue weighted by molar-refractivity contribution is 0.0956. The largest absolute Gasteiger partial charge is 0.490 e. The molecular weight excluding hydrogens is 544 g/mol. The topological polar surface area (TPSA) is 139 Å². The van der Waals surface area contributed by atoms with Crippen LogP contribution in [0.4, 0.5) is 17.3 Å². The molecule has 1 saturated carbocycles. The Morgan fingerprint density at radius 2 is 1.63 bits per heavy atom. The summed E-state index contributed by atoms with van der Waals surface area (Å²) in [7, 11) is 3.75. The molecule has 43 heavy (non-hydrogen) atoms. The van der Waals surface area contributed by atoms with Crippen molar-refractivity contribution in [3.8, 4) is 5.75 Å². The molecule has 3 aliphatic rings. The van der Waals surface area contributed by atoms with Gasteiger partial charge in [0.1, 0.15) is 23.4 Å². The molecule has 3 aromatic rings. The van der Waals surface area contributed by atoms with Crippen LogP contribution in [-0.2, 0) is 0 Å². The van der Waals surface area contributed by atoms with Crippen molar-refractivity contribution in [3.63, 3.8) is 0 Å². The van der Waals surface area contributed by atoms with E-state index in [9.17, 15) is 9.59 Å². The number of amides is 2. The smallest absolute Gasteiger partial charge is 0.271 e. The number of likely N-dealkylation sites (tertiary alicyclic amines) is 1. The summed E-state index contributed by atoms with van der Waals surface area (Å²) in [6.45, 7) is 4.03. The van der Waals surface area contributed by atoms with Crippen LogP contribution in [-0.4, -0.2) is 78.0 Å². The second kappa shape index (κ2) is 14.3. The maximum atomic E-state index is 11.8. The van der Waals surface area contributed by atoms with E-state index in [-0.39, 0.29) is 17.7 Å². The van der Waals surface area contributed by atoms with Gasteiger partial charge in [0, 0.05) is 45.1 Å². The maximum Gasteiger partial charge on any atom is 0.271 e. The Morgan fingerprint density at radius 1 is 0.907 bits per heavy atom. The molecule has 0 spiro atoms. The van der Waals surface area contributed by atoms with Crippen LogP contribution in [0, 0.1) is 0 Å². The lowest BCUT2D eigenvalue weighted by atomic mass is 10.1. The van der Waals surface area contributed by atoms with E-state index >= 15 is 0 Å². The van der Waals surface area contributed by atoms with Crippen LogP contribution in [0.1, 0.15) is 77.4 Å². The van der Waals surface area contributed by atoms with Gasteiger partial charge in [-0.15, -0.1) is 0 Å². The van der Waals surface area contributed by atoms with Crippen LogP contribution in [0.3, 0.4) is 0 Å². The first-order chi connectivity index (χ1) is 20.9. The number of carbonyl (C=O) groups is 2. The third kappa shape index (κ3) is 8.41. The molecule has 0 atom stereocenters. The number of hydrogen-bond acceptors (Lipinski definition) is 9. The van der Waals surface area contributed by atoms with Crippen molar-refractivity contribution in [2.24, 2.45) is 5.73 Å². The molecule has 0 radical (unpaired) electrons. The van der Waals surface area contributed by atoms with E-state index in [1.807, 2.05) is 36.5 Å². The van der Waals surface area contributed by atoms with Gasteiger partial charge < -0.3 is 30.9 Å². The zero-order valence-electron chi connectivity index (χ0n) is 25.1. The fourth-order valence-electron chi connectivity index (χ4n) is 5.30. The van der Waals surface area contributed by atoms with Crippen molar-refractivity contribution in [2.45, 2.75) is 57.0 Å². The number of carbonyl (C=O) groups excluding carboxylic acids is 2. The van der Waals surface area contributed by atoms with E-state index in [4.69, 9.17) is 10.5 Å². The first-order valence-electron chi connectivity index (χ1n) is 15.2. The predicted octanol–water partition coefficient (Wildman–Crippen LogP) is 4.10. The number of benzene rings is 1. The van der Waals surface area contributed by atoms with Gasteiger partial charge in [0.05, 0.1) is 6.20 Å². The number of primary amides is 1. The number of piperidine rings is 2.